The van der Waals surface area contributed by atoms with Crippen LogP contribution < -0.4 is 16.4 Å². The van der Waals surface area contributed by atoms with Gasteiger partial charge in [-0.05, 0) is 37.5 Å². The van der Waals surface area contributed by atoms with Crippen molar-refractivity contribution in [1.82, 2.24) is 15.5 Å². The zero-order valence-corrected chi connectivity index (χ0v) is 19.9. The number of amides is 3. The fourth-order valence-electron chi connectivity index (χ4n) is 3.77. The highest BCUT2D eigenvalue weighted by molar-refractivity contribution is 5.94. The second-order valence-corrected chi connectivity index (χ2v) is 9.12. The first kappa shape index (κ1) is 28.3. The number of carboxylic acids is 2. The van der Waals surface area contributed by atoms with Gasteiger partial charge in [0.25, 0.3) is 0 Å². The molecule has 0 spiro atoms. The first-order valence-corrected chi connectivity index (χ1v) is 11.5. The molecule has 1 saturated heterocycles. The molecule has 1 fully saturated rings. The number of carboxylic acid groups (broad SMARTS) is 2. The summed E-state index contributed by atoms with van der Waals surface area (Å²) in [5, 5.41) is 23.7. The minimum Gasteiger partial charge on any atom is -0.481 e. The van der Waals surface area contributed by atoms with Gasteiger partial charge in [0.05, 0.1) is 6.04 Å². The summed E-state index contributed by atoms with van der Waals surface area (Å²) in [5.74, 6) is -4.12. The van der Waals surface area contributed by atoms with Crippen LogP contribution >= 0.6 is 0 Å². The summed E-state index contributed by atoms with van der Waals surface area (Å²) in [7, 11) is 0. The summed E-state index contributed by atoms with van der Waals surface area (Å²) in [6.07, 6.45) is 1.18. The summed E-state index contributed by atoms with van der Waals surface area (Å²) in [5.41, 5.74) is 5.98. The van der Waals surface area contributed by atoms with Gasteiger partial charge < -0.3 is 31.5 Å². The van der Waals surface area contributed by atoms with Gasteiger partial charge in [0.2, 0.25) is 17.7 Å². The van der Waals surface area contributed by atoms with Crippen LogP contribution in [0.15, 0.2) is 0 Å². The van der Waals surface area contributed by atoms with E-state index in [1.165, 1.54) is 4.90 Å². The van der Waals surface area contributed by atoms with Crippen LogP contribution in [0.3, 0.4) is 0 Å². The Bertz CT molecular complexity index is 728. The molecule has 188 valence electrons. The molecule has 1 rings (SSSR count). The number of rotatable bonds is 13. The van der Waals surface area contributed by atoms with Gasteiger partial charge in [-0.25, -0.2) is 4.79 Å². The Labute approximate surface area is 194 Å². The van der Waals surface area contributed by atoms with Gasteiger partial charge in [0.1, 0.15) is 18.1 Å². The van der Waals surface area contributed by atoms with E-state index in [9.17, 15) is 29.1 Å². The highest BCUT2D eigenvalue weighted by Gasteiger charge is 2.38. The van der Waals surface area contributed by atoms with Crippen molar-refractivity contribution in [3.05, 3.63) is 0 Å². The van der Waals surface area contributed by atoms with E-state index in [0.29, 0.717) is 19.3 Å². The molecule has 0 saturated carbocycles. The first-order chi connectivity index (χ1) is 15.4. The molecule has 0 aromatic rings. The number of nitrogens with one attached hydrogen (secondary N) is 2. The summed E-state index contributed by atoms with van der Waals surface area (Å²) >= 11 is 0. The fraction of sp³-hybridized carbons (Fsp3) is 0.773. The van der Waals surface area contributed by atoms with Crippen LogP contribution in [0.2, 0.25) is 0 Å². The zero-order chi connectivity index (χ0) is 25.3. The molecule has 11 nitrogen and oxygen atoms in total. The Morgan fingerprint density at radius 2 is 1.64 bits per heavy atom. The predicted molar refractivity (Wildman–Crippen MR) is 120 cm³/mol. The monoisotopic (exact) mass is 470 g/mol. The van der Waals surface area contributed by atoms with E-state index in [-0.39, 0.29) is 37.6 Å². The molecule has 5 atom stereocenters. The summed E-state index contributed by atoms with van der Waals surface area (Å²) in [6, 6.07) is -4.01. The van der Waals surface area contributed by atoms with Crippen molar-refractivity contribution in [2.75, 3.05) is 6.54 Å². The van der Waals surface area contributed by atoms with Crippen molar-refractivity contribution in [2.24, 2.45) is 17.6 Å². The SMILES string of the molecule is CCC(C)C(N)C(=O)NC(CC(C)C)C(=O)NC(CCC(=O)O)C(=O)N1CCCC1C(=O)O. The molecule has 6 N–H and O–H groups in total. The van der Waals surface area contributed by atoms with E-state index in [2.05, 4.69) is 10.6 Å². The van der Waals surface area contributed by atoms with E-state index < -0.39 is 53.8 Å². The van der Waals surface area contributed by atoms with Crippen LogP contribution in [0.1, 0.15) is 66.2 Å². The lowest BCUT2D eigenvalue weighted by Crippen LogP contribution is -2.58. The quantitative estimate of drug-likeness (QED) is 0.255. The minimum absolute atomic E-state index is 0.0315. The highest BCUT2D eigenvalue weighted by atomic mass is 16.4. The second-order valence-electron chi connectivity index (χ2n) is 9.12. The fourth-order valence-corrected chi connectivity index (χ4v) is 3.77. The van der Waals surface area contributed by atoms with E-state index in [1.807, 2.05) is 27.7 Å². The number of aliphatic carboxylic acids is 2. The molecule has 5 unspecified atom stereocenters. The number of carbonyl (C=O) groups is 5. The third-order valence-corrected chi connectivity index (χ3v) is 5.98. The molecule has 0 aromatic carbocycles. The molecule has 1 heterocycles. The Morgan fingerprint density at radius 1 is 1.03 bits per heavy atom. The normalized spacial score (nSPS) is 19.5. The molecule has 1 aliphatic heterocycles. The molecule has 1 aliphatic rings. The van der Waals surface area contributed by atoms with Crippen molar-refractivity contribution in [3.63, 3.8) is 0 Å². The zero-order valence-electron chi connectivity index (χ0n) is 19.9. The standard InChI is InChI=1S/C22H38N4O7/c1-5-13(4)18(23)20(30)25-15(11-12(2)3)19(29)24-14(8-9-17(27)28)21(31)26-10-6-7-16(26)22(32)33/h12-16,18H,5-11,23H2,1-4H3,(H,24,29)(H,25,30)(H,27,28)(H,32,33). The van der Waals surface area contributed by atoms with E-state index in [0.717, 1.165) is 0 Å². The van der Waals surface area contributed by atoms with Crippen molar-refractivity contribution in [3.8, 4) is 0 Å². The second kappa shape index (κ2) is 13.1. The molecule has 3 amide bonds. The number of nitrogens with two attached hydrogens (primary N) is 1. The Morgan fingerprint density at radius 3 is 2.15 bits per heavy atom. The van der Waals surface area contributed by atoms with Gasteiger partial charge in [-0.1, -0.05) is 34.1 Å². The molecule has 0 radical (unpaired) electrons. The molecule has 0 aliphatic carbocycles. The van der Waals surface area contributed by atoms with Gasteiger partial charge in [-0.2, -0.15) is 0 Å². The topological polar surface area (TPSA) is 179 Å². The smallest absolute Gasteiger partial charge is 0.326 e. The molecule has 0 bridgehead atoms. The summed E-state index contributed by atoms with van der Waals surface area (Å²) < 4.78 is 0. The van der Waals surface area contributed by atoms with E-state index >= 15 is 0 Å². The average molecular weight is 471 g/mol. The third-order valence-electron chi connectivity index (χ3n) is 5.98. The molecule has 33 heavy (non-hydrogen) atoms. The number of hydrogen-bond acceptors (Lipinski definition) is 6. The van der Waals surface area contributed by atoms with Crippen molar-refractivity contribution >= 4 is 29.7 Å². The average Bonchev–Trinajstić information content (AvgIpc) is 3.24. The lowest BCUT2D eigenvalue weighted by molar-refractivity contribution is -0.150. The number of carbonyl (C=O) groups excluding carboxylic acids is 3. The van der Waals surface area contributed by atoms with Crippen LogP contribution in [0.25, 0.3) is 0 Å². The van der Waals surface area contributed by atoms with Crippen molar-refractivity contribution in [1.29, 1.82) is 0 Å². The first-order valence-electron chi connectivity index (χ1n) is 11.5. The lowest BCUT2D eigenvalue weighted by Gasteiger charge is -2.29. The Kier molecular flexibility index (Phi) is 11.3. The maximum atomic E-state index is 13.1. The number of nitrogens with zero attached hydrogens (tertiary/aromatic N) is 1. The van der Waals surface area contributed by atoms with Gasteiger partial charge in [0, 0.05) is 13.0 Å². The lowest BCUT2D eigenvalue weighted by atomic mass is 9.97. The van der Waals surface area contributed by atoms with Gasteiger partial charge in [0.15, 0.2) is 0 Å². The molecular formula is C22H38N4O7. The molecule has 11 heteroatoms. The van der Waals surface area contributed by atoms with Crippen LogP contribution in [0.4, 0.5) is 0 Å². The maximum absolute atomic E-state index is 13.1. The van der Waals surface area contributed by atoms with Crippen LogP contribution in [0.5, 0.6) is 0 Å². The van der Waals surface area contributed by atoms with Crippen molar-refractivity contribution in [2.45, 2.75) is 90.4 Å². The van der Waals surface area contributed by atoms with Crippen molar-refractivity contribution < 1.29 is 34.2 Å². The molecule has 0 aromatic heterocycles. The van der Waals surface area contributed by atoms with E-state index in [4.69, 9.17) is 10.8 Å². The highest BCUT2D eigenvalue weighted by Crippen LogP contribution is 2.20. The van der Waals surface area contributed by atoms with Crippen LogP contribution in [-0.4, -0.2) is 75.5 Å². The van der Waals surface area contributed by atoms with Gasteiger partial charge in [-0.3, -0.25) is 19.2 Å². The van der Waals surface area contributed by atoms with Gasteiger partial charge >= 0.3 is 11.9 Å². The summed E-state index contributed by atoms with van der Waals surface area (Å²) in [6.45, 7) is 7.69. The van der Waals surface area contributed by atoms with Crippen LogP contribution in [-0.2, 0) is 24.0 Å². The van der Waals surface area contributed by atoms with Gasteiger partial charge in [-0.15, -0.1) is 0 Å². The summed E-state index contributed by atoms with van der Waals surface area (Å²) in [4.78, 5) is 62.4. The minimum atomic E-state index is -1.22. The molecular weight excluding hydrogens is 432 g/mol. The van der Waals surface area contributed by atoms with E-state index in [1.54, 1.807) is 0 Å². The number of hydrogen-bond donors (Lipinski definition) is 5. The largest absolute Gasteiger partial charge is 0.481 e. The number of likely N-dealkylation sites (tertiary alicyclic amines) is 1. The van der Waals surface area contributed by atoms with Crippen LogP contribution in [0, 0.1) is 11.8 Å². The Hall–Kier alpha value is -2.69. The predicted octanol–water partition coefficient (Wildman–Crippen LogP) is 0.316. The Balaban J connectivity index is 3.04. The maximum Gasteiger partial charge on any atom is 0.326 e. The third kappa shape index (κ3) is 8.64.